The van der Waals surface area contributed by atoms with E-state index in [-0.39, 0.29) is 42.4 Å². The fourth-order valence-corrected chi connectivity index (χ4v) is 6.50. The molecule has 4 aliphatic rings. The fraction of sp³-hybridized carbons (Fsp3) is 0.278. The minimum atomic E-state index is -0.314. The second-order valence-corrected chi connectivity index (χ2v) is 11.6. The van der Waals surface area contributed by atoms with Crippen LogP contribution in [0.25, 0.3) is 12.2 Å². The van der Waals surface area contributed by atoms with E-state index in [1.807, 2.05) is 24.3 Å². The van der Waals surface area contributed by atoms with E-state index in [4.69, 9.17) is 13.6 Å². The molecule has 3 aromatic rings. The van der Waals surface area contributed by atoms with E-state index < -0.39 is 0 Å². The zero-order valence-electron chi connectivity index (χ0n) is 24.7. The van der Waals surface area contributed by atoms with Crippen molar-refractivity contribution in [2.45, 2.75) is 37.8 Å². The molecular weight excluding hydrogens is 572 g/mol. The zero-order valence-corrected chi connectivity index (χ0v) is 24.7. The molecule has 1 aromatic carbocycles. The Morgan fingerprint density at radius 3 is 1.64 bits per heavy atom. The number of aliphatic hydroxyl groups excluding tert-OH is 2. The number of hydrogen-bond donors (Lipinski definition) is 2. The number of carbonyl (C=O) groups is 2. The highest BCUT2D eigenvalue weighted by Crippen LogP contribution is 2.34. The Morgan fingerprint density at radius 2 is 1.18 bits per heavy atom. The van der Waals surface area contributed by atoms with Crippen molar-refractivity contribution in [3.63, 3.8) is 0 Å². The molecule has 45 heavy (non-hydrogen) atoms. The Hall–Kier alpha value is -4.86. The topological polar surface area (TPSA) is 117 Å². The van der Waals surface area contributed by atoms with Gasteiger partial charge in [0.25, 0.3) is 0 Å². The van der Waals surface area contributed by atoms with Crippen LogP contribution in [0.2, 0.25) is 0 Å². The quantitative estimate of drug-likeness (QED) is 0.246. The van der Waals surface area contributed by atoms with Crippen LogP contribution in [0.3, 0.4) is 0 Å². The number of aliphatic hydroxyl groups is 2. The number of benzene rings is 1. The van der Waals surface area contributed by atoms with Gasteiger partial charge in [-0.3, -0.25) is 9.59 Å². The summed E-state index contributed by atoms with van der Waals surface area (Å²) in [6.07, 6.45) is 14.2. The van der Waals surface area contributed by atoms with Crippen molar-refractivity contribution in [2.24, 2.45) is 0 Å². The number of ketones is 2. The molecule has 3 aliphatic heterocycles. The maximum absolute atomic E-state index is 13.3. The molecule has 1 aliphatic carbocycles. The molecule has 2 saturated heterocycles. The van der Waals surface area contributed by atoms with Crippen LogP contribution in [-0.4, -0.2) is 60.2 Å². The van der Waals surface area contributed by atoms with Crippen molar-refractivity contribution in [1.29, 1.82) is 0 Å². The second-order valence-electron chi connectivity index (χ2n) is 11.6. The van der Waals surface area contributed by atoms with Crippen molar-refractivity contribution < 1.29 is 33.4 Å². The standard InChI is InChI=1S/C36H34N2O7/c39-21-24-5-3-17-37(24)32-15-13-26(44-32)9-11-28-19-23(34-35(41)30-7-1-2-8-31(30)36(34)42)20-29(43-28)12-10-27-14-16-33(45-27)38-18-4-6-25(38)22-40/h1-2,7-16,19-20,24-25,39-40H,3-6,17-18,21-22H2/b11-9+,12-10+/t24-,25-/m0/s1. The van der Waals surface area contributed by atoms with Crippen molar-refractivity contribution in [2.75, 3.05) is 36.1 Å². The van der Waals surface area contributed by atoms with E-state index in [0.29, 0.717) is 51.5 Å². The molecule has 0 saturated carbocycles. The Kier molecular flexibility index (Phi) is 7.87. The van der Waals surface area contributed by atoms with E-state index in [2.05, 4.69) is 9.80 Å². The van der Waals surface area contributed by atoms with Gasteiger partial charge in [-0.25, -0.2) is 0 Å². The SMILES string of the molecule is O=C1C(=C2C=C(/C=C/c3ccc(N4CCC[C@H]4CO)o3)OC(/C=C/c3ccc(N4CCC[C@H]4CO)o3)=C2)C(=O)c2ccccc21. The number of anilines is 2. The fourth-order valence-electron chi connectivity index (χ4n) is 6.50. The minimum Gasteiger partial charge on any atom is -0.457 e. The van der Waals surface area contributed by atoms with E-state index in [1.54, 1.807) is 60.7 Å². The Bertz CT molecular complexity index is 1660. The number of Topliss-reactive ketones (excluding diaryl/α,β-unsaturated/α-hetero) is 2. The largest absolute Gasteiger partial charge is 0.457 e. The lowest BCUT2D eigenvalue weighted by molar-refractivity contribution is 0.0987. The van der Waals surface area contributed by atoms with Gasteiger partial charge in [-0.05, 0) is 79.8 Å². The average Bonchev–Trinajstić information content (AvgIpc) is 3.90. The predicted molar refractivity (Wildman–Crippen MR) is 170 cm³/mol. The smallest absolute Gasteiger partial charge is 0.198 e. The summed E-state index contributed by atoms with van der Waals surface area (Å²) in [6.45, 7) is 1.81. The lowest BCUT2D eigenvalue weighted by Crippen LogP contribution is -2.31. The first-order chi connectivity index (χ1) is 22.0. The first-order valence-corrected chi connectivity index (χ1v) is 15.4. The van der Waals surface area contributed by atoms with Gasteiger partial charge in [0.15, 0.2) is 23.3 Å². The Morgan fingerprint density at radius 1 is 0.689 bits per heavy atom. The van der Waals surface area contributed by atoms with Crippen LogP contribution in [0.1, 0.15) is 57.9 Å². The molecule has 9 heteroatoms. The van der Waals surface area contributed by atoms with Crippen LogP contribution in [0.15, 0.2) is 104 Å². The monoisotopic (exact) mass is 606 g/mol. The van der Waals surface area contributed by atoms with Crippen molar-refractivity contribution in [3.05, 3.63) is 118 Å². The summed E-state index contributed by atoms with van der Waals surface area (Å²) in [6, 6.07) is 14.4. The van der Waals surface area contributed by atoms with Crippen LogP contribution < -0.4 is 9.80 Å². The number of hydrogen-bond acceptors (Lipinski definition) is 9. The molecule has 0 spiro atoms. The van der Waals surface area contributed by atoms with Crippen LogP contribution in [0.4, 0.5) is 11.8 Å². The molecule has 0 amide bonds. The van der Waals surface area contributed by atoms with Crippen molar-refractivity contribution in [1.82, 2.24) is 0 Å². The number of rotatable bonds is 8. The lowest BCUT2D eigenvalue weighted by atomic mass is 10.0. The molecule has 7 rings (SSSR count). The van der Waals surface area contributed by atoms with Crippen LogP contribution in [0, 0.1) is 0 Å². The third-order valence-corrected chi connectivity index (χ3v) is 8.78. The molecule has 9 nitrogen and oxygen atoms in total. The normalized spacial score (nSPS) is 21.8. The lowest BCUT2D eigenvalue weighted by Gasteiger charge is -2.21. The zero-order chi connectivity index (χ0) is 30.9. The summed E-state index contributed by atoms with van der Waals surface area (Å²) >= 11 is 0. The van der Waals surface area contributed by atoms with Gasteiger partial charge in [0.2, 0.25) is 0 Å². The van der Waals surface area contributed by atoms with E-state index in [9.17, 15) is 19.8 Å². The Balaban J connectivity index is 1.17. The molecule has 2 atom stereocenters. The van der Waals surface area contributed by atoms with Gasteiger partial charge in [0.1, 0.15) is 23.0 Å². The molecule has 0 radical (unpaired) electrons. The highest BCUT2D eigenvalue weighted by atomic mass is 16.5. The summed E-state index contributed by atoms with van der Waals surface area (Å²) in [4.78, 5) is 30.8. The maximum atomic E-state index is 13.3. The molecular formula is C36H34N2O7. The number of ether oxygens (including phenoxy) is 1. The minimum absolute atomic E-state index is 0.0494. The summed E-state index contributed by atoms with van der Waals surface area (Å²) in [5.74, 6) is 2.83. The van der Waals surface area contributed by atoms with Gasteiger partial charge in [-0.1, -0.05) is 24.3 Å². The number of furan rings is 2. The number of nitrogens with zero attached hydrogens (tertiary/aromatic N) is 2. The van der Waals surface area contributed by atoms with Gasteiger partial charge in [-0.15, -0.1) is 0 Å². The third-order valence-electron chi connectivity index (χ3n) is 8.78. The third kappa shape index (κ3) is 5.61. The highest BCUT2D eigenvalue weighted by molar-refractivity contribution is 6.40. The summed E-state index contributed by atoms with van der Waals surface area (Å²) < 4.78 is 18.3. The van der Waals surface area contributed by atoms with E-state index in [1.165, 1.54) is 0 Å². The van der Waals surface area contributed by atoms with Gasteiger partial charge >= 0.3 is 0 Å². The molecule has 2 N–H and O–H groups in total. The van der Waals surface area contributed by atoms with Crippen LogP contribution >= 0.6 is 0 Å². The highest BCUT2D eigenvalue weighted by Gasteiger charge is 2.35. The summed E-state index contributed by atoms with van der Waals surface area (Å²) in [5, 5.41) is 19.4. The van der Waals surface area contributed by atoms with E-state index in [0.717, 1.165) is 38.8 Å². The molecule has 230 valence electrons. The molecule has 0 bridgehead atoms. The summed E-state index contributed by atoms with van der Waals surface area (Å²) in [5.41, 5.74) is 1.34. The number of allylic oxidation sites excluding steroid dienone is 6. The first kappa shape index (κ1) is 28.9. The maximum Gasteiger partial charge on any atom is 0.198 e. The molecule has 5 heterocycles. The average molecular weight is 607 g/mol. The number of fused-ring (bicyclic) bond motifs is 1. The molecule has 2 aromatic heterocycles. The molecule has 2 fully saturated rings. The molecule has 0 unspecified atom stereocenters. The van der Waals surface area contributed by atoms with Gasteiger partial charge in [-0.2, -0.15) is 0 Å². The van der Waals surface area contributed by atoms with Crippen molar-refractivity contribution >= 4 is 35.5 Å². The summed E-state index contributed by atoms with van der Waals surface area (Å²) in [7, 11) is 0. The Labute approximate surface area is 260 Å². The van der Waals surface area contributed by atoms with Crippen LogP contribution in [0.5, 0.6) is 0 Å². The van der Waals surface area contributed by atoms with Gasteiger partial charge < -0.3 is 33.6 Å². The predicted octanol–water partition coefficient (Wildman–Crippen LogP) is 5.70. The second kappa shape index (κ2) is 12.3. The first-order valence-electron chi connectivity index (χ1n) is 15.4. The van der Waals surface area contributed by atoms with Crippen molar-refractivity contribution in [3.8, 4) is 0 Å². The van der Waals surface area contributed by atoms with Gasteiger partial charge in [0, 0.05) is 36.3 Å². The van der Waals surface area contributed by atoms with Crippen LogP contribution in [-0.2, 0) is 4.74 Å². The van der Waals surface area contributed by atoms with Gasteiger partial charge in [0.05, 0.1) is 30.9 Å². The van der Waals surface area contributed by atoms with E-state index >= 15 is 0 Å². The number of carbonyl (C=O) groups excluding carboxylic acids is 2.